The number of benzene rings is 1. The molecule has 4 heteroatoms. The zero-order valence-corrected chi connectivity index (χ0v) is 8.60. The highest BCUT2D eigenvalue weighted by molar-refractivity contribution is 7.99. The smallest absolute Gasteiger partial charge is 0.124 e. The molecule has 78 valence electrons. The van der Waals surface area contributed by atoms with Crippen molar-refractivity contribution in [1.82, 2.24) is 0 Å². The SMILES string of the molecule is OCCOCCSc1cccc(F)c1. The molecule has 0 aliphatic carbocycles. The van der Waals surface area contributed by atoms with Gasteiger partial charge in [-0.15, -0.1) is 11.8 Å². The third-order valence-electron chi connectivity index (χ3n) is 1.53. The predicted octanol–water partition coefficient (Wildman–Crippen LogP) is 1.93. The number of ether oxygens (including phenoxy) is 1. The summed E-state index contributed by atoms with van der Waals surface area (Å²) in [6, 6.07) is 6.47. The first-order valence-corrected chi connectivity index (χ1v) is 5.38. The summed E-state index contributed by atoms with van der Waals surface area (Å²) in [6.45, 7) is 0.982. The van der Waals surface area contributed by atoms with Crippen LogP contribution < -0.4 is 0 Å². The van der Waals surface area contributed by atoms with E-state index in [1.165, 1.54) is 23.9 Å². The van der Waals surface area contributed by atoms with Crippen molar-refractivity contribution in [2.45, 2.75) is 4.90 Å². The Bertz CT molecular complexity index is 268. The molecule has 0 aliphatic rings. The monoisotopic (exact) mass is 216 g/mol. The van der Waals surface area contributed by atoms with Crippen molar-refractivity contribution in [3.63, 3.8) is 0 Å². The Balaban J connectivity index is 2.18. The summed E-state index contributed by atoms with van der Waals surface area (Å²) in [5, 5.41) is 8.44. The fourth-order valence-electron chi connectivity index (χ4n) is 0.942. The number of aliphatic hydroxyl groups is 1. The molecule has 1 aromatic rings. The summed E-state index contributed by atoms with van der Waals surface area (Å²) in [7, 11) is 0. The van der Waals surface area contributed by atoms with Crippen LogP contribution in [0.2, 0.25) is 0 Å². The Kier molecular flexibility index (Phi) is 5.59. The maximum atomic E-state index is 12.7. The molecule has 0 aromatic heterocycles. The Labute approximate surface area is 87.1 Å². The van der Waals surface area contributed by atoms with Crippen LogP contribution in [0.3, 0.4) is 0 Å². The van der Waals surface area contributed by atoms with E-state index in [0.29, 0.717) is 13.2 Å². The lowest BCUT2D eigenvalue weighted by Crippen LogP contribution is -2.02. The molecule has 0 heterocycles. The zero-order chi connectivity index (χ0) is 10.2. The number of aliphatic hydroxyl groups excluding tert-OH is 1. The van der Waals surface area contributed by atoms with Crippen molar-refractivity contribution in [2.75, 3.05) is 25.6 Å². The molecule has 0 spiro atoms. The molecule has 14 heavy (non-hydrogen) atoms. The molecule has 0 radical (unpaired) electrons. The number of rotatable bonds is 6. The molecule has 1 rings (SSSR count). The Morgan fingerprint density at radius 2 is 2.21 bits per heavy atom. The second-order valence-electron chi connectivity index (χ2n) is 2.64. The largest absolute Gasteiger partial charge is 0.394 e. The Morgan fingerprint density at radius 3 is 2.93 bits per heavy atom. The second-order valence-corrected chi connectivity index (χ2v) is 3.81. The van der Waals surface area contributed by atoms with E-state index < -0.39 is 0 Å². The van der Waals surface area contributed by atoms with Crippen LogP contribution in [0.5, 0.6) is 0 Å². The topological polar surface area (TPSA) is 29.5 Å². The molecule has 0 aliphatic heterocycles. The number of hydrogen-bond donors (Lipinski definition) is 1. The zero-order valence-electron chi connectivity index (χ0n) is 7.78. The minimum Gasteiger partial charge on any atom is -0.394 e. The van der Waals surface area contributed by atoms with E-state index in [4.69, 9.17) is 9.84 Å². The molecular formula is C10H13FO2S. The first-order valence-electron chi connectivity index (χ1n) is 4.40. The van der Waals surface area contributed by atoms with Gasteiger partial charge >= 0.3 is 0 Å². The van der Waals surface area contributed by atoms with Gasteiger partial charge < -0.3 is 9.84 Å². The third-order valence-corrected chi connectivity index (χ3v) is 2.49. The van der Waals surface area contributed by atoms with Gasteiger partial charge in [-0.2, -0.15) is 0 Å². The number of hydrogen-bond acceptors (Lipinski definition) is 3. The van der Waals surface area contributed by atoms with E-state index in [-0.39, 0.29) is 12.4 Å². The summed E-state index contributed by atoms with van der Waals surface area (Å²) in [4.78, 5) is 0.901. The molecule has 1 N–H and O–H groups in total. The van der Waals surface area contributed by atoms with E-state index in [9.17, 15) is 4.39 Å². The van der Waals surface area contributed by atoms with Crippen molar-refractivity contribution >= 4 is 11.8 Å². The number of halogens is 1. The summed E-state index contributed by atoms with van der Waals surface area (Å²) in [5.41, 5.74) is 0. The Hall–Kier alpha value is -0.580. The molecule has 0 bridgehead atoms. The van der Waals surface area contributed by atoms with Gasteiger partial charge in [-0.25, -0.2) is 4.39 Å². The van der Waals surface area contributed by atoms with Gasteiger partial charge in [-0.1, -0.05) is 6.07 Å². The maximum Gasteiger partial charge on any atom is 0.124 e. The van der Waals surface area contributed by atoms with Gasteiger partial charge in [0.15, 0.2) is 0 Å². The molecule has 0 atom stereocenters. The summed E-state index contributed by atoms with van der Waals surface area (Å²) in [6.07, 6.45) is 0. The van der Waals surface area contributed by atoms with Crippen LogP contribution in [-0.4, -0.2) is 30.7 Å². The van der Waals surface area contributed by atoms with Gasteiger partial charge in [0, 0.05) is 10.6 Å². The molecule has 0 amide bonds. The van der Waals surface area contributed by atoms with Gasteiger partial charge in [0.05, 0.1) is 19.8 Å². The lowest BCUT2D eigenvalue weighted by molar-refractivity contribution is 0.103. The fraction of sp³-hybridized carbons (Fsp3) is 0.400. The molecule has 2 nitrogen and oxygen atoms in total. The van der Waals surface area contributed by atoms with Crippen molar-refractivity contribution in [2.24, 2.45) is 0 Å². The summed E-state index contributed by atoms with van der Waals surface area (Å²) >= 11 is 1.54. The number of thioether (sulfide) groups is 1. The highest BCUT2D eigenvalue weighted by Gasteiger charge is 1.95. The maximum absolute atomic E-state index is 12.7. The minimum absolute atomic E-state index is 0.0463. The third kappa shape index (κ3) is 4.60. The van der Waals surface area contributed by atoms with Crippen LogP contribution in [0, 0.1) is 5.82 Å². The average Bonchev–Trinajstić information content (AvgIpc) is 2.18. The van der Waals surface area contributed by atoms with Crippen LogP contribution in [0.1, 0.15) is 0 Å². The van der Waals surface area contributed by atoms with Crippen molar-refractivity contribution in [3.8, 4) is 0 Å². The van der Waals surface area contributed by atoms with Crippen molar-refractivity contribution < 1.29 is 14.2 Å². The van der Waals surface area contributed by atoms with E-state index in [2.05, 4.69) is 0 Å². The van der Waals surface area contributed by atoms with Gasteiger partial charge in [0.25, 0.3) is 0 Å². The first-order chi connectivity index (χ1) is 6.83. The van der Waals surface area contributed by atoms with Crippen LogP contribution >= 0.6 is 11.8 Å². The minimum atomic E-state index is -0.216. The average molecular weight is 216 g/mol. The van der Waals surface area contributed by atoms with Crippen LogP contribution in [0.4, 0.5) is 4.39 Å². The van der Waals surface area contributed by atoms with Crippen LogP contribution in [0.25, 0.3) is 0 Å². The van der Waals surface area contributed by atoms with Crippen molar-refractivity contribution in [1.29, 1.82) is 0 Å². The summed E-state index contributed by atoms with van der Waals surface area (Å²) < 4.78 is 17.8. The van der Waals surface area contributed by atoms with E-state index >= 15 is 0 Å². The second kappa shape index (κ2) is 6.81. The summed E-state index contributed by atoms with van der Waals surface area (Å²) in [5.74, 6) is 0.551. The normalized spacial score (nSPS) is 10.4. The molecule has 0 saturated carbocycles. The lowest BCUT2D eigenvalue weighted by Gasteiger charge is -2.02. The van der Waals surface area contributed by atoms with Crippen molar-refractivity contribution in [3.05, 3.63) is 30.1 Å². The van der Waals surface area contributed by atoms with E-state index in [0.717, 1.165) is 10.6 Å². The molecule has 0 unspecified atom stereocenters. The Morgan fingerprint density at radius 1 is 1.36 bits per heavy atom. The van der Waals surface area contributed by atoms with Gasteiger partial charge in [-0.3, -0.25) is 0 Å². The molecular weight excluding hydrogens is 203 g/mol. The quantitative estimate of drug-likeness (QED) is 0.582. The van der Waals surface area contributed by atoms with Gasteiger partial charge in [0.2, 0.25) is 0 Å². The van der Waals surface area contributed by atoms with E-state index in [1.807, 2.05) is 6.07 Å². The van der Waals surface area contributed by atoms with Gasteiger partial charge in [0.1, 0.15) is 5.82 Å². The molecule has 0 fully saturated rings. The highest BCUT2D eigenvalue weighted by Crippen LogP contribution is 2.17. The lowest BCUT2D eigenvalue weighted by atomic mass is 10.4. The van der Waals surface area contributed by atoms with Crippen LogP contribution in [-0.2, 0) is 4.74 Å². The fourth-order valence-corrected chi connectivity index (χ4v) is 1.75. The van der Waals surface area contributed by atoms with E-state index in [1.54, 1.807) is 6.07 Å². The predicted molar refractivity (Wildman–Crippen MR) is 55.0 cm³/mol. The molecule has 0 saturated heterocycles. The highest BCUT2D eigenvalue weighted by atomic mass is 32.2. The standard InChI is InChI=1S/C10H13FO2S/c11-9-2-1-3-10(8-9)14-7-6-13-5-4-12/h1-3,8,12H,4-7H2. The van der Waals surface area contributed by atoms with Crippen LogP contribution in [0.15, 0.2) is 29.2 Å². The molecule has 1 aromatic carbocycles. The van der Waals surface area contributed by atoms with Gasteiger partial charge in [-0.05, 0) is 18.2 Å². The first kappa shape index (κ1) is 11.5.